The molecule has 168 valence electrons. The molecule has 0 atom stereocenters. The SMILES string of the molecule is CC.CCC.Cc1sc(C(=O)O)c(-c2ccc(CCN3CCCS3(=O)=O)cc2)c1C. The number of hydrogen-bond acceptors (Lipinski definition) is 4. The molecule has 0 radical (unpaired) electrons. The summed E-state index contributed by atoms with van der Waals surface area (Å²) in [4.78, 5) is 12.9. The van der Waals surface area contributed by atoms with Gasteiger partial charge in [-0.15, -0.1) is 11.3 Å². The zero-order valence-corrected chi connectivity index (χ0v) is 20.6. The topological polar surface area (TPSA) is 74.7 Å². The van der Waals surface area contributed by atoms with Gasteiger partial charge in [-0.2, -0.15) is 0 Å². The first-order valence-corrected chi connectivity index (χ1v) is 13.0. The van der Waals surface area contributed by atoms with Crippen molar-refractivity contribution in [3.8, 4) is 11.1 Å². The number of carboxylic acid groups (broad SMARTS) is 1. The Hall–Kier alpha value is -1.70. The molecule has 0 aliphatic carbocycles. The highest BCUT2D eigenvalue weighted by atomic mass is 32.2. The van der Waals surface area contributed by atoms with Crippen molar-refractivity contribution in [2.24, 2.45) is 0 Å². The third-order valence-corrected chi connectivity index (χ3v) is 7.83. The van der Waals surface area contributed by atoms with Gasteiger partial charge >= 0.3 is 5.97 Å². The Balaban J connectivity index is 0.000000826. The molecule has 5 nitrogen and oxygen atoms in total. The third kappa shape index (κ3) is 6.65. The fourth-order valence-electron chi connectivity index (χ4n) is 3.16. The van der Waals surface area contributed by atoms with Crippen LogP contribution in [0.2, 0.25) is 0 Å². The van der Waals surface area contributed by atoms with E-state index in [2.05, 4.69) is 13.8 Å². The summed E-state index contributed by atoms with van der Waals surface area (Å²) < 4.78 is 25.2. The van der Waals surface area contributed by atoms with Gasteiger partial charge in [0.05, 0.1) is 5.75 Å². The highest BCUT2D eigenvalue weighted by Gasteiger charge is 2.27. The van der Waals surface area contributed by atoms with E-state index in [0.717, 1.165) is 27.1 Å². The second-order valence-electron chi connectivity index (χ2n) is 7.02. The minimum atomic E-state index is -3.06. The van der Waals surface area contributed by atoms with E-state index in [9.17, 15) is 18.3 Å². The van der Waals surface area contributed by atoms with Crippen molar-refractivity contribution < 1.29 is 18.3 Å². The summed E-state index contributed by atoms with van der Waals surface area (Å²) in [6.45, 7) is 13.2. The van der Waals surface area contributed by atoms with Gasteiger partial charge in [0.25, 0.3) is 0 Å². The van der Waals surface area contributed by atoms with Crippen LogP contribution in [0, 0.1) is 13.8 Å². The maximum atomic E-state index is 11.8. The van der Waals surface area contributed by atoms with E-state index in [4.69, 9.17) is 0 Å². The lowest BCUT2D eigenvalue weighted by Crippen LogP contribution is -2.27. The highest BCUT2D eigenvalue weighted by molar-refractivity contribution is 7.89. The van der Waals surface area contributed by atoms with Crippen LogP contribution in [0.5, 0.6) is 0 Å². The van der Waals surface area contributed by atoms with Crippen LogP contribution in [0.4, 0.5) is 0 Å². The fourth-order valence-corrected chi connectivity index (χ4v) is 5.71. The lowest BCUT2D eigenvalue weighted by atomic mass is 9.99. The van der Waals surface area contributed by atoms with Crippen molar-refractivity contribution in [2.75, 3.05) is 18.8 Å². The third-order valence-electron chi connectivity index (χ3n) is 4.68. The molecular weight excluding hydrogens is 418 g/mol. The highest BCUT2D eigenvalue weighted by Crippen LogP contribution is 2.36. The summed E-state index contributed by atoms with van der Waals surface area (Å²) in [5.41, 5.74) is 3.71. The number of carboxylic acids is 1. The predicted octanol–water partition coefficient (Wildman–Crippen LogP) is 5.75. The van der Waals surface area contributed by atoms with E-state index >= 15 is 0 Å². The number of aromatic carboxylic acids is 1. The lowest BCUT2D eigenvalue weighted by Gasteiger charge is -2.14. The minimum absolute atomic E-state index is 0.251. The number of carbonyl (C=O) groups is 1. The van der Waals surface area contributed by atoms with Crippen LogP contribution in [0.3, 0.4) is 0 Å². The average Bonchev–Trinajstić information content (AvgIpc) is 3.21. The summed E-state index contributed by atoms with van der Waals surface area (Å²) in [5, 5.41) is 9.42. The molecule has 0 unspecified atom stereocenters. The van der Waals surface area contributed by atoms with E-state index in [1.165, 1.54) is 17.8 Å². The van der Waals surface area contributed by atoms with Gasteiger partial charge in [0.15, 0.2) is 0 Å². The number of hydrogen-bond donors (Lipinski definition) is 1. The van der Waals surface area contributed by atoms with Gasteiger partial charge in [-0.3, -0.25) is 0 Å². The Morgan fingerprint density at radius 2 is 1.70 bits per heavy atom. The van der Waals surface area contributed by atoms with Crippen LogP contribution in [0.15, 0.2) is 24.3 Å². The van der Waals surface area contributed by atoms with Crippen molar-refractivity contribution in [2.45, 2.75) is 60.8 Å². The molecule has 7 heteroatoms. The molecule has 1 aliphatic rings. The standard InChI is InChI=1S/C18H21NO4S2.C3H8.C2H6/c1-12-13(2)24-17(18(20)21)16(12)15-6-4-14(5-7-15)8-10-19-9-3-11-25(19,22)23;1-3-2;1-2/h4-7H,3,8-11H2,1-2H3,(H,20,21);3H2,1-2H3;1-2H3. The van der Waals surface area contributed by atoms with E-state index in [-0.39, 0.29) is 5.75 Å². The van der Waals surface area contributed by atoms with Crippen LogP contribution < -0.4 is 0 Å². The van der Waals surface area contributed by atoms with Crippen LogP contribution in [-0.4, -0.2) is 42.6 Å². The van der Waals surface area contributed by atoms with Crippen molar-refractivity contribution in [3.63, 3.8) is 0 Å². The predicted molar refractivity (Wildman–Crippen MR) is 127 cm³/mol. The Bertz CT molecular complexity index is 915. The Morgan fingerprint density at radius 1 is 1.13 bits per heavy atom. The molecule has 0 saturated carbocycles. The van der Waals surface area contributed by atoms with Crippen molar-refractivity contribution in [1.82, 2.24) is 4.31 Å². The summed E-state index contributed by atoms with van der Waals surface area (Å²) in [6, 6.07) is 7.76. The normalized spacial score (nSPS) is 15.0. The Morgan fingerprint density at radius 3 is 2.17 bits per heavy atom. The molecule has 1 aliphatic heterocycles. The summed E-state index contributed by atoms with van der Waals surface area (Å²) in [7, 11) is -3.06. The molecule has 1 aromatic heterocycles. The number of rotatable bonds is 5. The van der Waals surface area contributed by atoms with Crippen LogP contribution in [0.1, 0.15) is 66.2 Å². The van der Waals surface area contributed by atoms with Crippen molar-refractivity contribution >= 4 is 27.3 Å². The molecule has 0 amide bonds. The summed E-state index contributed by atoms with van der Waals surface area (Å²) in [6.07, 6.45) is 2.61. The van der Waals surface area contributed by atoms with Gasteiger partial charge in [-0.05, 0) is 43.4 Å². The Kier molecular flexibility index (Phi) is 10.7. The first-order valence-electron chi connectivity index (χ1n) is 10.6. The van der Waals surface area contributed by atoms with Crippen molar-refractivity contribution in [3.05, 3.63) is 45.1 Å². The van der Waals surface area contributed by atoms with Crippen LogP contribution >= 0.6 is 11.3 Å². The van der Waals surface area contributed by atoms with Gasteiger partial charge in [0.2, 0.25) is 10.0 Å². The molecule has 1 aromatic carbocycles. The largest absolute Gasteiger partial charge is 0.477 e. The number of benzene rings is 1. The van der Waals surface area contributed by atoms with Gasteiger partial charge < -0.3 is 5.11 Å². The molecule has 30 heavy (non-hydrogen) atoms. The van der Waals surface area contributed by atoms with E-state index in [1.807, 2.05) is 52.0 Å². The summed E-state index contributed by atoms with van der Waals surface area (Å²) in [5.74, 6) is -0.653. The average molecular weight is 454 g/mol. The molecule has 2 heterocycles. The molecule has 1 fully saturated rings. The first kappa shape index (κ1) is 26.3. The zero-order valence-electron chi connectivity index (χ0n) is 19.0. The van der Waals surface area contributed by atoms with E-state index in [0.29, 0.717) is 30.8 Å². The number of aryl methyl sites for hydroxylation is 1. The second kappa shape index (κ2) is 12.2. The number of thiophene rings is 1. The maximum absolute atomic E-state index is 11.8. The van der Waals surface area contributed by atoms with Gasteiger partial charge in [0.1, 0.15) is 4.88 Å². The summed E-state index contributed by atoms with van der Waals surface area (Å²) >= 11 is 1.30. The molecule has 1 saturated heterocycles. The lowest BCUT2D eigenvalue weighted by molar-refractivity contribution is 0.0703. The fraction of sp³-hybridized carbons (Fsp3) is 0.522. The minimum Gasteiger partial charge on any atom is -0.477 e. The molecule has 2 aromatic rings. The molecule has 1 N–H and O–H groups in total. The molecule has 0 bridgehead atoms. The van der Waals surface area contributed by atoms with Gasteiger partial charge in [-0.1, -0.05) is 58.4 Å². The smallest absolute Gasteiger partial charge is 0.346 e. The zero-order chi connectivity index (χ0) is 22.9. The van der Waals surface area contributed by atoms with Crippen LogP contribution in [-0.2, 0) is 16.4 Å². The number of nitrogens with zero attached hydrogens (tertiary/aromatic N) is 1. The molecular formula is C23H35NO4S2. The molecule has 0 spiro atoms. The first-order chi connectivity index (χ1) is 14.2. The molecule has 3 rings (SSSR count). The van der Waals surface area contributed by atoms with E-state index < -0.39 is 16.0 Å². The quantitative estimate of drug-likeness (QED) is 0.625. The van der Waals surface area contributed by atoms with Gasteiger partial charge in [-0.25, -0.2) is 17.5 Å². The van der Waals surface area contributed by atoms with Gasteiger partial charge in [0, 0.05) is 23.5 Å². The number of sulfonamides is 1. The second-order valence-corrected chi connectivity index (χ2v) is 10.3. The Labute approximate surface area is 185 Å². The maximum Gasteiger partial charge on any atom is 0.346 e. The van der Waals surface area contributed by atoms with E-state index in [1.54, 1.807) is 4.31 Å². The van der Waals surface area contributed by atoms with Crippen LogP contribution in [0.25, 0.3) is 11.1 Å². The monoisotopic (exact) mass is 453 g/mol. The van der Waals surface area contributed by atoms with Crippen molar-refractivity contribution in [1.29, 1.82) is 0 Å².